The molecule has 4 aliphatic rings. The van der Waals surface area contributed by atoms with Crippen LogP contribution in [0.1, 0.15) is 84.1 Å². The summed E-state index contributed by atoms with van der Waals surface area (Å²) < 4.78 is 57.5. The third-order valence-corrected chi connectivity index (χ3v) is 14.9. The van der Waals surface area contributed by atoms with Gasteiger partial charge in [-0.05, 0) is 135 Å². The van der Waals surface area contributed by atoms with Gasteiger partial charge in [0.1, 0.15) is 12.2 Å². The molecule has 4 aliphatic carbocycles. The van der Waals surface area contributed by atoms with Crippen LogP contribution in [0.25, 0.3) is 0 Å². The number of amides is 4. The Morgan fingerprint density at radius 2 is 1.36 bits per heavy atom. The minimum atomic E-state index is -4.49. The molecule has 0 saturated heterocycles. The minimum Gasteiger partial charge on any atom is -0.469 e. The van der Waals surface area contributed by atoms with Crippen molar-refractivity contribution in [2.45, 2.75) is 103 Å². The Hall–Kier alpha value is -5.27. The molecule has 0 spiro atoms. The average molecular weight is 847 g/mol. The van der Waals surface area contributed by atoms with E-state index in [0.717, 1.165) is 31.4 Å². The first-order chi connectivity index (χ1) is 29.1. The number of esters is 1. The highest BCUT2D eigenvalue weighted by atomic mass is 19.4. The maximum absolute atomic E-state index is 13.8. The fourth-order valence-electron chi connectivity index (χ4n) is 11.9. The normalized spacial score (nSPS) is 30.9. The predicted molar refractivity (Wildman–Crippen MR) is 224 cm³/mol. The van der Waals surface area contributed by atoms with Crippen LogP contribution >= 0.6 is 0 Å². The van der Waals surface area contributed by atoms with E-state index in [1.165, 1.54) is 19.2 Å². The van der Waals surface area contributed by atoms with E-state index in [1.807, 2.05) is 36.4 Å². The van der Waals surface area contributed by atoms with Crippen LogP contribution in [-0.4, -0.2) is 49.5 Å². The Balaban J connectivity index is 1.17. The molecular formula is C47H57F3N4O7. The number of benzene rings is 3. The summed E-state index contributed by atoms with van der Waals surface area (Å²) in [6.07, 6.45) is -0.858. The van der Waals surface area contributed by atoms with Gasteiger partial charge in [-0.1, -0.05) is 57.2 Å². The fraction of sp³-hybridized carbons (Fsp3) is 0.532. The molecule has 14 heteroatoms. The molecule has 3 aromatic carbocycles. The summed E-state index contributed by atoms with van der Waals surface area (Å²) in [5.74, 6) is -0.107. The van der Waals surface area contributed by atoms with Gasteiger partial charge in [0.2, 0.25) is 0 Å². The number of para-hydroxylation sites is 2. The molecule has 4 fully saturated rings. The Morgan fingerprint density at radius 3 is 1.97 bits per heavy atom. The highest BCUT2D eigenvalue weighted by Crippen LogP contribution is 2.69. The zero-order valence-corrected chi connectivity index (χ0v) is 35.1. The average Bonchev–Trinajstić information content (AvgIpc) is 3.59. The van der Waals surface area contributed by atoms with Crippen molar-refractivity contribution in [1.29, 1.82) is 0 Å². The van der Waals surface area contributed by atoms with E-state index in [4.69, 9.17) is 14.2 Å². The molecular weight excluding hydrogens is 790 g/mol. The number of alkyl halides is 3. The van der Waals surface area contributed by atoms with Crippen LogP contribution in [0, 0.1) is 46.3 Å². The van der Waals surface area contributed by atoms with Gasteiger partial charge in [-0.25, -0.2) is 14.4 Å². The molecule has 328 valence electrons. The van der Waals surface area contributed by atoms with Crippen LogP contribution in [0.2, 0.25) is 0 Å². The SMILES string of the molecule is COC(=O)CC[C@@H](C)[C@H]1CC[C@H]2[C@@H]3[C@H](OC(=O)Nc4ccccc4)C[C@@H]4C[C@H](NC(=O)Nc5ccc(C(F)(F)F)cc5)CC[C@]4(C)[C@H]3C[C@H](OC(=O)Nc3ccccc3)[C@]12C. The van der Waals surface area contributed by atoms with Gasteiger partial charge in [-0.2, -0.15) is 13.2 Å². The number of hydrogen-bond donors (Lipinski definition) is 4. The van der Waals surface area contributed by atoms with Crippen molar-refractivity contribution in [2.24, 2.45) is 46.3 Å². The summed E-state index contributed by atoms with van der Waals surface area (Å²) in [5.41, 5.74) is -0.114. The Labute approximate surface area is 355 Å². The zero-order valence-electron chi connectivity index (χ0n) is 35.1. The van der Waals surface area contributed by atoms with E-state index >= 15 is 0 Å². The molecule has 0 heterocycles. The van der Waals surface area contributed by atoms with Crippen molar-refractivity contribution in [3.8, 4) is 0 Å². The summed E-state index contributed by atoms with van der Waals surface area (Å²) in [5, 5.41) is 11.6. The van der Waals surface area contributed by atoms with E-state index in [-0.39, 0.29) is 65.0 Å². The van der Waals surface area contributed by atoms with Crippen LogP contribution in [0.4, 0.5) is 44.6 Å². The molecule has 0 aromatic heterocycles. The Morgan fingerprint density at radius 1 is 0.754 bits per heavy atom. The quantitative estimate of drug-likeness (QED) is 0.117. The lowest BCUT2D eigenvalue weighted by Gasteiger charge is -2.64. The first kappa shape index (κ1) is 43.8. The Bertz CT molecular complexity index is 2020. The summed E-state index contributed by atoms with van der Waals surface area (Å²) in [7, 11) is 1.39. The van der Waals surface area contributed by atoms with Crippen LogP contribution in [-0.2, 0) is 25.2 Å². The first-order valence-electron chi connectivity index (χ1n) is 21.5. The molecule has 4 N–H and O–H groups in total. The molecule has 3 aromatic rings. The molecule has 0 radical (unpaired) electrons. The second kappa shape index (κ2) is 18.0. The van der Waals surface area contributed by atoms with Crippen LogP contribution in [0.5, 0.6) is 0 Å². The molecule has 61 heavy (non-hydrogen) atoms. The van der Waals surface area contributed by atoms with E-state index in [1.54, 1.807) is 24.3 Å². The van der Waals surface area contributed by atoms with Crippen LogP contribution < -0.4 is 21.3 Å². The maximum atomic E-state index is 13.8. The first-order valence-corrected chi connectivity index (χ1v) is 21.5. The smallest absolute Gasteiger partial charge is 0.416 e. The second-order valence-electron chi connectivity index (χ2n) is 18.1. The van der Waals surface area contributed by atoms with Crippen molar-refractivity contribution in [2.75, 3.05) is 23.1 Å². The summed E-state index contributed by atoms with van der Waals surface area (Å²) in [6, 6.07) is 21.9. The number of fused-ring (bicyclic) bond motifs is 5. The number of methoxy groups -OCH3 is 1. The summed E-state index contributed by atoms with van der Waals surface area (Å²) >= 11 is 0. The molecule has 0 unspecified atom stereocenters. The lowest BCUT2D eigenvalue weighted by Crippen LogP contribution is -2.64. The van der Waals surface area contributed by atoms with Gasteiger partial charge in [-0.3, -0.25) is 15.4 Å². The van der Waals surface area contributed by atoms with E-state index in [9.17, 15) is 32.3 Å². The van der Waals surface area contributed by atoms with Gasteiger partial charge in [-0.15, -0.1) is 0 Å². The minimum absolute atomic E-state index is 0.00715. The highest BCUT2D eigenvalue weighted by molar-refractivity contribution is 5.89. The number of nitrogens with one attached hydrogen (secondary N) is 4. The van der Waals surface area contributed by atoms with Gasteiger partial charge in [0.15, 0.2) is 0 Å². The van der Waals surface area contributed by atoms with Crippen molar-refractivity contribution in [3.63, 3.8) is 0 Å². The lowest BCUT2D eigenvalue weighted by molar-refractivity contribution is -0.200. The number of anilines is 3. The summed E-state index contributed by atoms with van der Waals surface area (Å²) in [4.78, 5) is 53.1. The number of halogens is 3. The monoisotopic (exact) mass is 846 g/mol. The molecule has 4 saturated carbocycles. The van der Waals surface area contributed by atoms with Crippen molar-refractivity contribution >= 4 is 41.2 Å². The number of hydrogen-bond acceptors (Lipinski definition) is 7. The van der Waals surface area contributed by atoms with Gasteiger partial charge in [0.25, 0.3) is 0 Å². The standard InChI is InChI=1S/C47H57F3N4O7/c1-28(15-22-40(55)59-4)35-20-21-36-41-37(27-39(46(35,36)3)61-44(58)54-32-13-9-6-10-14-32)45(2)24-23-34(52-42(56)51-33-18-16-29(17-19-33)47(48,49)50)25-30(45)26-38(41)60-43(57)53-31-11-7-5-8-12-31/h5-14,16-19,28,30,34-39,41H,15,20-27H2,1-4H3,(H,53,57)(H,54,58)(H2,51,52,56)/t28-,30+,34-,35-,36+,37+,38-,39+,41+,45+,46-/m1/s1. The van der Waals surface area contributed by atoms with Crippen LogP contribution in [0.3, 0.4) is 0 Å². The molecule has 4 amide bonds. The molecule has 0 aliphatic heterocycles. The third-order valence-electron chi connectivity index (χ3n) is 14.9. The number of ether oxygens (including phenoxy) is 3. The fourth-order valence-corrected chi connectivity index (χ4v) is 11.9. The van der Waals surface area contributed by atoms with Gasteiger partial charge < -0.3 is 24.8 Å². The van der Waals surface area contributed by atoms with E-state index in [0.29, 0.717) is 43.5 Å². The number of urea groups is 1. The molecule has 11 atom stereocenters. The number of carbonyl (C=O) groups excluding carboxylic acids is 4. The van der Waals surface area contributed by atoms with Crippen molar-refractivity contribution < 1.29 is 46.6 Å². The molecule has 0 bridgehead atoms. The van der Waals surface area contributed by atoms with Crippen LogP contribution in [0.15, 0.2) is 84.9 Å². The number of carbonyl (C=O) groups is 4. The molecule has 11 nitrogen and oxygen atoms in total. The number of rotatable bonds is 10. The van der Waals surface area contributed by atoms with Gasteiger partial charge in [0, 0.05) is 40.9 Å². The second-order valence-corrected chi connectivity index (χ2v) is 18.1. The van der Waals surface area contributed by atoms with E-state index < -0.39 is 47.6 Å². The third kappa shape index (κ3) is 9.48. The topological polar surface area (TPSA) is 144 Å². The molecule has 7 rings (SSSR count). The van der Waals surface area contributed by atoms with Gasteiger partial charge in [0.05, 0.1) is 12.7 Å². The van der Waals surface area contributed by atoms with Crippen molar-refractivity contribution in [1.82, 2.24) is 5.32 Å². The van der Waals surface area contributed by atoms with E-state index in [2.05, 4.69) is 42.0 Å². The van der Waals surface area contributed by atoms with Crippen molar-refractivity contribution in [3.05, 3.63) is 90.5 Å². The zero-order chi connectivity index (χ0) is 43.5. The maximum Gasteiger partial charge on any atom is 0.416 e. The predicted octanol–water partition coefficient (Wildman–Crippen LogP) is 10.9. The Kier molecular flexibility index (Phi) is 12.9. The highest BCUT2D eigenvalue weighted by Gasteiger charge is 2.67. The summed E-state index contributed by atoms with van der Waals surface area (Å²) in [6.45, 7) is 6.69. The largest absolute Gasteiger partial charge is 0.469 e. The lowest BCUT2D eigenvalue weighted by atomic mass is 9.43. The van der Waals surface area contributed by atoms with Gasteiger partial charge >= 0.3 is 30.4 Å².